The second-order valence-electron chi connectivity index (χ2n) is 4.52. The molecule has 1 N–H and O–H groups in total. The zero-order valence-electron chi connectivity index (χ0n) is 10.2. The van der Waals surface area contributed by atoms with E-state index >= 15 is 0 Å². The van der Waals surface area contributed by atoms with Crippen molar-refractivity contribution < 1.29 is 4.74 Å². The molecule has 3 rings (SSSR count). The topological polar surface area (TPSA) is 47.0 Å². The van der Waals surface area contributed by atoms with Gasteiger partial charge in [0.25, 0.3) is 0 Å². The van der Waals surface area contributed by atoms with E-state index in [-0.39, 0.29) is 0 Å². The predicted molar refractivity (Wildman–Crippen MR) is 82.4 cm³/mol. The first-order valence-corrected chi connectivity index (χ1v) is 7.78. The Morgan fingerprint density at radius 3 is 3.00 bits per heavy atom. The lowest BCUT2D eigenvalue weighted by Gasteiger charge is -2.13. The van der Waals surface area contributed by atoms with E-state index in [1.54, 1.807) is 6.33 Å². The zero-order chi connectivity index (χ0) is 13.2. The Labute approximate surface area is 128 Å². The molecule has 0 saturated carbocycles. The summed E-state index contributed by atoms with van der Waals surface area (Å²) in [5.41, 5.74) is 0.910. The highest BCUT2D eigenvalue weighted by atomic mass is 79.9. The monoisotopic (exact) mass is 385 g/mol. The minimum absolute atomic E-state index is 0.292. The van der Waals surface area contributed by atoms with E-state index < -0.39 is 0 Å². The van der Waals surface area contributed by atoms with Crippen molar-refractivity contribution in [3.63, 3.8) is 0 Å². The van der Waals surface area contributed by atoms with Gasteiger partial charge in [-0.25, -0.2) is 9.97 Å². The molecule has 1 aromatic carbocycles. The summed E-state index contributed by atoms with van der Waals surface area (Å²) in [5.74, 6) is 0.850. The molecule has 19 heavy (non-hydrogen) atoms. The van der Waals surface area contributed by atoms with Gasteiger partial charge in [-0.2, -0.15) is 0 Å². The van der Waals surface area contributed by atoms with Crippen LogP contribution in [0.15, 0.2) is 27.4 Å². The Bertz CT molecular complexity index is 600. The van der Waals surface area contributed by atoms with Gasteiger partial charge in [0.05, 0.1) is 11.6 Å². The molecule has 100 valence electrons. The molecule has 1 unspecified atom stereocenters. The summed E-state index contributed by atoms with van der Waals surface area (Å²) in [6.07, 6.45) is 4.14. The van der Waals surface area contributed by atoms with Gasteiger partial charge < -0.3 is 10.1 Å². The highest BCUT2D eigenvalue weighted by Gasteiger charge is 2.16. The fourth-order valence-electron chi connectivity index (χ4n) is 2.25. The number of hydrogen-bond donors (Lipinski definition) is 1. The van der Waals surface area contributed by atoms with Crippen LogP contribution in [0.2, 0.25) is 0 Å². The molecule has 1 saturated heterocycles. The summed E-state index contributed by atoms with van der Waals surface area (Å²) >= 11 is 7.02. The van der Waals surface area contributed by atoms with Crippen LogP contribution in [0, 0.1) is 0 Å². The average Bonchev–Trinajstić information content (AvgIpc) is 2.89. The normalized spacial score (nSPS) is 18.9. The summed E-state index contributed by atoms with van der Waals surface area (Å²) < 4.78 is 7.57. The SMILES string of the molecule is Brc1cc(Br)c2ncnc(NCC3CCCO3)c2c1. The van der Waals surface area contributed by atoms with Gasteiger partial charge in [-0.05, 0) is 40.9 Å². The van der Waals surface area contributed by atoms with Gasteiger partial charge in [0.2, 0.25) is 0 Å². The molecular formula is C13H13Br2N3O. The van der Waals surface area contributed by atoms with Crippen molar-refractivity contribution in [2.75, 3.05) is 18.5 Å². The molecule has 2 aromatic rings. The molecule has 1 fully saturated rings. The van der Waals surface area contributed by atoms with E-state index in [4.69, 9.17) is 4.74 Å². The first-order valence-electron chi connectivity index (χ1n) is 6.19. The number of nitrogens with one attached hydrogen (secondary N) is 1. The Balaban J connectivity index is 1.89. The molecule has 6 heteroatoms. The first kappa shape index (κ1) is 13.3. The van der Waals surface area contributed by atoms with Gasteiger partial charge >= 0.3 is 0 Å². The summed E-state index contributed by atoms with van der Waals surface area (Å²) in [7, 11) is 0. The second kappa shape index (κ2) is 5.73. The fourth-order valence-corrected chi connectivity index (χ4v) is 3.58. The van der Waals surface area contributed by atoms with Gasteiger partial charge in [-0.3, -0.25) is 0 Å². The van der Waals surface area contributed by atoms with Crippen LogP contribution in [0.3, 0.4) is 0 Å². The van der Waals surface area contributed by atoms with Crippen LogP contribution in [-0.2, 0) is 4.74 Å². The molecule has 2 heterocycles. The van der Waals surface area contributed by atoms with Crippen molar-refractivity contribution in [3.05, 3.63) is 27.4 Å². The van der Waals surface area contributed by atoms with Crippen molar-refractivity contribution in [2.45, 2.75) is 18.9 Å². The van der Waals surface area contributed by atoms with E-state index in [0.717, 1.165) is 51.7 Å². The molecule has 0 spiro atoms. The summed E-state index contributed by atoms with van der Waals surface area (Å²) in [6.45, 7) is 1.66. The Morgan fingerprint density at radius 2 is 2.21 bits per heavy atom. The van der Waals surface area contributed by atoms with Crippen LogP contribution in [0.1, 0.15) is 12.8 Å². The number of anilines is 1. The molecule has 1 aromatic heterocycles. The number of hydrogen-bond acceptors (Lipinski definition) is 4. The maximum Gasteiger partial charge on any atom is 0.137 e. The lowest BCUT2D eigenvalue weighted by atomic mass is 10.2. The van der Waals surface area contributed by atoms with Gasteiger partial charge in [0.15, 0.2) is 0 Å². The molecule has 0 bridgehead atoms. The van der Waals surface area contributed by atoms with Crippen molar-refractivity contribution in [3.8, 4) is 0 Å². The van der Waals surface area contributed by atoms with Crippen molar-refractivity contribution in [1.82, 2.24) is 9.97 Å². The largest absolute Gasteiger partial charge is 0.376 e. The number of fused-ring (bicyclic) bond motifs is 1. The Kier molecular flexibility index (Phi) is 4.00. The van der Waals surface area contributed by atoms with E-state index in [0.29, 0.717) is 6.10 Å². The maximum absolute atomic E-state index is 5.61. The molecule has 1 aliphatic rings. The van der Waals surface area contributed by atoms with Crippen molar-refractivity contribution in [2.24, 2.45) is 0 Å². The minimum atomic E-state index is 0.292. The third-order valence-electron chi connectivity index (χ3n) is 3.18. The lowest BCUT2D eigenvalue weighted by Crippen LogP contribution is -2.19. The van der Waals surface area contributed by atoms with E-state index in [2.05, 4.69) is 47.1 Å². The minimum Gasteiger partial charge on any atom is -0.376 e. The molecule has 1 aliphatic heterocycles. The number of benzene rings is 1. The molecular weight excluding hydrogens is 374 g/mol. The van der Waals surface area contributed by atoms with Crippen LogP contribution in [0.4, 0.5) is 5.82 Å². The quantitative estimate of drug-likeness (QED) is 0.872. The number of nitrogens with zero attached hydrogens (tertiary/aromatic N) is 2. The van der Waals surface area contributed by atoms with Gasteiger partial charge in [-0.15, -0.1) is 0 Å². The average molecular weight is 387 g/mol. The first-order chi connectivity index (χ1) is 9.24. The fraction of sp³-hybridized carbons (Fsp3) is 0.385. The zero-order valence-corrected chi connectivity index (χ0v) is 13.4. The third kappa shape index (κ3) is 2.90. The van der Waals surface area contributed by atoms with Crippen LogP contribution in [0.25, 0.3) is 10.9 Å². The number of aromatic nitrogens is 2. The molecule has 0 aliphatic carbocycles. The molecule has 4 nitrogen and oxygen atoms in total. The van der Waals surface area contributed by atoms with E-state index in [1.165, 1.54) is 0 Å². The Hall–Kier alpha value is -0.720. The van der Waals surface area contributed by atoms with E-state index in [1.807, 2.05) is 12.1 Å². The maximum atomic E-state index is 5.61. The summed E-state index contributed by atoms with van der Waals surface area (Å²) in [6, 6.07) is 4.01. The van der Waals surface area contributed by atoms with Gasteiger partial charge in [-0.1, -0.05) is 15.9 Å². The Morgan fingerprint density at radius 1 is 1.32 bits per heavy atom. The standard InChI is InChI=1S/C13H13Br2N3O/c14-8-4-10-12(11(15)5-8)17-7-18-13(10)16-6-9-2-1-3-19-9/h4-5,7,9H,1-3,6H2,(H,16,17,18). The number of halogens is 2. The summed E-state index contributed by atoms with van der Waals surface area (Å²) in [5, 5.41) is 4.37. The molecule has 0 radical (unpaired) electrons. The highest BCUT2D eigenvalue weighted by molar-refractivity contribution is 9.11. The van der Waals surface area contributed by atoms with E-state index in [9.17, 15) is 0 Å². The van der Waals surface area contributed by atoms with Crippen LogP contribution in [-0.4, -0.2) is 29.2 Å². The molecule has 0 amide bonds. The lowest BCUT2D eigenvalue weighted by molar-refractivity contribution is 0.120. The third-order valence-corrected chi connectivity index (χ3v) is 4.24. The van der Waals surface area contributed by atoms with Crippen LogP contribution >= 0.6 is 31.9 Å². The van der Waals surface area contributed by atoms with Crippen LogP contribution in [0.5, 0.6) is 0 Å². The van der Waals surface area contributed by atoms with Crippen molar-refractivity contribution >= 4 is 48.6 Å². The smallest absolute Gasteiger partial charge is 0.137 e. The van der Waals surface area contributed by atoms with Gasteiger partial charge in [0.1, 0.15) is 12.1 Å². The molecule has 1 atom stereocenters. The van der Waals surface area contributed by atoms with Gasteiger partial charge in [0, 0.05) is 27.5 Å². The highest BCUT2D eigenvalue weighted by Crippen LogP contribution is 2.30. The number of ether oxygens (including phenoxy) is 1. The second-order valence-corrected chi connectivity index (χ2v) is 6.29. The predicted octanol–water partition coefficient (Wildman–Crippen LogP) is 3.75. The number of rotatable bonds is 3. The van der Waals surface area contributed by atoms with Crippen molar-refractivity contribution in [1.29, 1.82) is 0 Å². The summed E-state index contributed by atoms with van der Waals surface area (Å²) in [4.78, 5) is 8.64. The van der Waals surface area contributed by atoms with Crippen LogP contribution < -0.4 is 5.32 Å².